The van der Waals surface area contributed by atoms with Gasteiger partial charge in [-0.05, 0) is 62.1 Å². The average molecular weight is 492 g/mol. The smallest absolute Gasteiger partial charge is 0.321 e. The molecule has 3 aromatic heterocycles. The fourth-order valence-corrected chi connectivity index (χ4v) is 5.45. The lowest BCUT2D eigenvalue weighted by molar-refractivity contribution is 0.0580. The van der Waals surface area contributed by atoms with Gasteiger partial charge in [-0.15, -0.1) is 0 Å². The van der Waals surface area contributed by atoms with Crippen molar-refractivity contribution in [1.82, 2.24) is 24.6 Å². The molecule has 0 aromatic carbocycles. The van der Waals surface area contributed by atoms with Crippen molar-refractivity contribution in [2.24, 2.45) is 0 Å². The second-order valence-electron chi connectivity index (χ2n) is 10.3. The van der Waals surface area contributed by atoms with Gasteiger partial charge in [0.1, 0.15) is 5.69 Å². The molecule has 1 aliphatic carbocycles. The Morgan fingerprint density at radius 2 is 2.00 bits per heavy atom. The van der Waals surface area contributed by atoms with Crippen molar-refractivity contribution < 1.29 is 9.53 Å². The molecule has 10 heteroatoms. The molecule has 3 fully saturated rings. The van der Waals surface area contributed by atoms with E-state index in [9.17, 15) is 9.59 Å². The highest BCUT2D eigenvalue weighted by atomic mass is 16.5. The number of aromatic amines is 1. The number of fused-ring (bicyclic) bond motifs is 1. The molecular weight excluding hydrogens is 458 g/mol. The Kier molecular flexibility index (Phi) is 6.12. The first-order valence-corrected chi connectivity index (χ1v) is 13.0. The average Bonchev–Trinajstić information content (AvgIpc) is 3.66. The van der Waals surface area contributed by atoms with E-state index in [-0.39, 0.29) is 23.7 Å². The molecule has 2 amide bonds. The summed E-state index contributed by atoms with van der Waals surface area (Å²) in [6.45, 7) is 2.95. The Balaban J connectivity index is 1.13. The lowest BCUT2D eigenvalue weighted by Gasteiger charge is -2.37. The number of H-pyrrole nitrogens is 1. The number of hydrogen-bond acceptors (Lipinski definition) is 6. The molecule has 10 nitrogen and oxygen atoms in total. The van der Waals surface area contributed by atoms with Gasteiger partial charge in [-0.3, -0.25) is 9.89 Å². The number of ether oxygens (including phenoxy) is 1. The van der Waals surface area contributed by atoms with Crippen molar-refractivity contribution in [1.29, 1.82) is 0 Å². The van der Waals surface area contributed by atoms with Crippen LogP contribution in [0.25, 0.3) is 11.0 Å². The largest absolute Gasteiger partial charge is 0.379 e. The highest BCUT2D eigenvalue weighted by Crippen LogP contribution is 2.40. The Morgan fingerprint density at radius 1 is 1.17 bits per heavy atom. The summed E-state index contributed by atoms with van der Waals surface area (Å²) in [4.78, 5) is 35.0. The maximum Gasteiger partial charge on any atom is 0.321 e. The normalized spacial score (nSPS) is 21.0. The first-order valence-electron chi connectivity index (χ1n) is 13.0. The van der Waals surface area contributed by atoms with Crippen LogP contribution in [-0.4, -0.2) is 70.1 Å². The van der Waals surface area contributed by atoms with Crippen molar-refractivity contribution in [3.63, 3.8) is 0 Å². The van der Waals surface area contributed by atoms with Crippen molar-refractivity contribution in [3.8, 4) is 0 Å². The van der Waals surface area contributed by atoms with Gasteiger partial charge in [0.25, 0.3) is 5.56 Å². The van der Waals surface area contributed by atoms with Crippen LogP contribution in [0.4, 0.5) is 16.2 Å². The first kappa shape index (κ1) is 23.0. The van der Waals surface area contributed by atoms with E-state index in [0.717, 1.165) is 80.5 Å². The number of hydrogen-bond donors (Lipinski definition) is 2. The van der Waals surface area contributed by atoms with Crippen LogP contribution in [0.5, 0.6) is 0 Å². The zero-order valence-corrected chi connectivity index (χ0v) is 20.7. The number of carbonyl (C=O) groups is 1. The van der Waals surface area contributed by atoms with Gasteiger partial charge in [0.2, 0.25) is 0 Å². The third kappa shape index (κ3) is 4.57. The summed E-state index contributed by atoms with van der Waals surface area (Å²) in [6.07, 6.45) is 11.5. The van der Waals surface area contributed by atoms with Gasteiger partial charge in [0, 0.05) is 44.4 Å². The molecule has 6 rings (SSSR count). The number of anilines is 2. The zero-order chi connectivity index (χ0) is 24.6. The second kappa shape index (κ2) is 9.57. The molecule has 190 valence electrons. The molecule has 1 atom stereocenters. The molecule has 0 spiro atoms. The van der Waals surface area contributed by atoms with Crippen molar-refractivity contribution in [2.75, 3.05) is 43.6 Å². The number of nitrogens with zero attached hydrogens (tertiary/aromatic N) is 5. The van der Waals surface area contributed by atoms with E-state index in [1.54, 1.807) is 15.7 Å². The van der Waals surface area contributed by atoms with E-state index in [1.165, 1.54) is 0 Å². The quantitative estimate of drug-likeness (QED) is 0.566. The number of aromatic nitrogens is 4. The van der Waals surface area contributed by atoms with Gasteiger partial charge in [-0.1, -0.05) is 0 Å². The van der Waals surface area contributed by atoms with Gasteiger partial charge < -0.3 is 24.4 Å². The number of carbonyl (C=O) groups excluding carboxylic acids is 1. The predicted molar refractivity (Wildman–Crippen MR) is 138 cm³/mol. The van der Waals surface area contributed by atoms with E-state index in [1.807, 2.05) is 25.5 Å². The zero-order valence-electron chi connectivity index (χ0n) is 20.7. The first-order chi connectivity index (χ1) is 17.6. The number of pyridine rings is 2. The van der Waals surface area contributed by atoms with Crippen LogP contribution in [-0.2, 0) is 4.74 Å². The SMILES string of the molecule is CN(C(=O)Nc1cc(C2CC2)cn([C@@H]2CCCOC2)c1=O)C1CCN(c2cnc3[nH]ncc3c2)CC1. The van der Waals surface area contributed by atoms with Crippen LogP contribution in [0.2, 0.25) is 0 Å². The summed E-state index contributed by atoms with van der Waals surface area (Å²) < 4.78 is 7.43. The van der Waals surface area contributed by atoms with Crippen LogP contribution >= 0.6 is 0 Å². The lowest BCUT2D eigenvalue weighted by atomic mass is 10.0. The van der Waals surface area contributed by atoms with Crippen LogP contribution in [0.3, 0.4) is 0 Å². The van der Waals surface area contributed by atoms with Crippen LogP contribution in [0.15, 0.2) is 35.5 Å². The molecule has 2 aliphatic heterocycles. The van der Waals surface area contributed by atoms with Gasteiger partial charge in [-0.25, -0.2) is 9.78 Å². The van der Waals surface area contributed by atoms with Crippen molar-refractivity contribution in [3.05, 3.63) is 46.6 Å². The van der Waals surface area contributed by atoms with E-state index in [0.29, 0.717) is 18.2 Å². The molecule has 1 saturated carbocycles. The Bertz CT molecular complexity index is 1300. The van der Waals surface area contributed by atoms with Gasteiger partial charge >= 0.3 is 6.03 Å². The minimum atomic E-state index is -0.230. The highest BCUT2D eigenvalue weighted by molar-refractivity contribution is 5.89. The molecule has 2 saturated heterocycles. The minimum absolute atomic E-state index is 0.0263. The maximum absolute atomic E-state index is 13.3. The lowest BCUT2D eigenvalue weighted by Crippen LogP contribution is -2.47. The molecule has 36 heavy (non-hydrogen) atoms. The summed E-state index contributed by atoms with van der Waals surface area (Å²) in [7, 11) is 1.83. The Labute approximate surface area is 209 Å². The maximum atomic E-state index is 13.3. The fourth-order valence-electron chi connectivity index (χ4n) is 5.45. The molecule has 2 N–H and O–H groups in total. The Hall–Kier alpha value is -3.40. The number of urea groups is 1. The molecule has 0 bridgehead atoms. The van der Waals surface area contributed by atoms with E-state index in [4.69, 9.17) is 4.74 Å². The van der Waals surface area contributed by atoms with Crippen molar-refractivity contribution >= 4 is 28.4 Å². The van der Waals surface area contributed by atoms with E-state index < -0.39 is 0 Å². The van der Waals surface area contributed by atoms with Crippen LogP contribution < -0.4 is 15.8 Å². The third-order valence-electron chi connectivity index (χ3n) is 7.86. The highest BCUT2D eigenvalue weighted by Gasteiger charge is 2.29. The summed E-state index contributed by atoms with van der Waals surface area (Å²) in [6, 6.07) is 3.88. The molecule has 3 aromatic rings. The standard InChI is InChI=1S/C26H33N7O3/c1-31(20-6-8-32(9-7-20)22-11-18-13-28-30-24(18)27-14-22)26(35)29-23-12-19(17-4-5-17)15-33(25(23)34)21-3-2-10-36-16-21/h11-15,17,20-21H,2-10,16H2,1H3,(H,29,35)(H,27,28,30)/t21-/m1/s1. The number of piperidine rings is 1. The number of nitrogens with one attached hydrogen (secondary N) is 2. The third-order valence-corrected chi connectivity index (χ3v) is 7.86. The fraction of sp³-hybridized carbons (Fsp3) is 0.538. The Morgan fingerprint density at radius 3 is 2.75 bits per heavy atom. The summed E-state index contributed by atoms with van der Waals surface area (Å²) in [5.74, 6) is 0.481. The van der Waals surface area contributed by atoms with Crippen LogP contribution in [0.1, 0.15) is 56.0 Å². The predicted octanol–water partition coefficient (Wildman–Crippen LogP) is 3.48. The van der Waals surface area contributed by atoms with Gasteiger partial charge in [0.05, 0.1) is 30.7 Å². The number of rotatable bonds is 5. The monoisotopic (exact) mass is 491 g/mol. The van der Waals surface area contributed by atoms with E-state index in [2.05, 4.69) is 31.5 Å². The summed E-state index contributed by atoms with van der Waals surface area (Å²) >= 11 is 0. The summed E-state index contributed by atoms with van der Waals surface area (Å²) in [5.41, 5.74) is 3.21. The second-order valence-corrected chi connectivity index (χ2v) is 10.3. The summed E-state index contributed by atoms with van der Waals surface area (Å²) in [5, 5.41) is 10.9. The molecule has 0 radical (unpaired) electrons. The van der Waals surface area contributed by atoms with Crippen molar-refractivity contribution in [2.45, 2.75) is 56.5 Å². The molecular formula is C26H33N7O3. The van der Waals surface area contributed by atoms with E-state index >= 15 is 0 Å². The van der Waals surface area contributed by atoms with Crippen LogP contribution in [0, 0.1) is 0 Å². The molecule has 3 aliphatic rings. The molecule has 5 heterocycles. The minimum Gasteiger partial charge on any atom is -0.379 e. The topological polar surface area (TPSA) is 108 Å². The van der Waals surface area contributed by atoms with Gasteiger partial charge in [-0.2, -0.15) is 5.10 Å². The molecule has 0 unspecified atom stereocenters. The van der Waals surface area contributed by atoms with Gasteiger partial charge in [0.15, 0.2) is 5.65 Å². The number of amides is 2.